The lowest BCUT2D eigenvalue weighted by molar-refractivity contribution is 0.322. The molecule has 1 heterocycles. The van der Waals surface area contributed by atoms with Crippen molar-refractivity contribution in [2.75, 3.05) is 13.2 Å². The molecule has 82 valence electrons. The van der Waals surface area contributed by atoms with Gasteiger partial charge in [0.25, 0.3) is 0 Å². The highest BCUT2D eigenvalue weighted by Gasteiger charge is 2.13. The Bertz CT molecular complexity index is 177. The zero-order valence-corrected chi connectivity index (χ0v) is 9.59. The fraction of sp³-hybridized carbons (Fsp3) is 0.917. The Morgan fingerprint density at radius 3 is 2.79 bits per heavy atom. The summed E-state index contributed by atoms with van der Waals surface area (Å²) in [6, 6.07) is 0. The third-order valence-electron chi connectivity index (χ3n) is 2.90. The summed E-state index contributed by atoms with van der Waals surface area (Å²) in [5.41, 5.74) is 0. The normalized spacial score (nSPS) is 17.7. The molecular formula is C12H23NO. The van der Waals surface area contributed by atoms with Gasteiger partial charge in [0.15, 0.2) is 5.90 Å². The van der Waals surface area contributed by atoms with Gasteiger partial charge in [-0.1, -0.05) is 39.5 Å². The fourth-order valence-corrected chi connectivity index (χ4v) is 1.88. The number of aliphatic imine (C=N–C) groups is 1. The van der Waals surface area contributed by atoms with Gasteiger partial charge < -0.3 is 4.74 Å². The summed E-state index contributed by atoms with van der Waals surface area (Å²) < 4.78 is 5.44. The van der Waals surface area contributed by atoms with E-state index in [1.807, 2.05) is 0 Å². The lowest BCUT2D eigenvalue weighted by Crippen LogP contribution is -2.08. The van der Waals surface area contributed by atoms with E-state index >= 15 is 0 Å². The van der Waals surface area contributed by atoms with Crippen molar-refractivity contribution in [3.05, 3.63) is 0 Å². The monoisotopic (exact) mass is 197 g/mol. The summed E-state index contributed by atoms with van der Waals surface area (Å²) in [6.07, 6.45) is 7.71. The molecule has 2 nitrogen and oxygen atoms in total. The summed E-state index contributed by atoms with van der Waals surface area (Å²) in [6.45, 7) is 6.21. The summed E-state index contributed by atoms with van der Waals surface area (Å²) in [5, 5.41) is 0. The second-order valence-corrected chi connectivity index (χ2v) is 4.10. The molecule has 0 aromatic rings. The van der Waals surface area contributed by atoms with Crippen LogP contribution >= 0.6 is 0 Å². The number of nitrogens with zero attached hydrogens (tertiary/aromatic N) is 1. The molecule has 0 aromatic carbocycles. The van der Waals surface area contributed by atoms with Crippen molar-refractivity contribution in [2.24, 2.45) is 10.9 Å². The van der Waals surface area contributed by atoms with Crippen LogP contribution in [0.2, 0.25) is 0 Å². The van der Waals surface area contributed by atoms with E-state index in [-0.39, 0.29) is 0 Å². The van der Waals surface area contributed by atoms with Crippen LogP contribution in [0.15, 0.2) is 4.99 Å². The molecule has 0 radical (unpaired) electrons. The topological polar surface area (TPSA) is 21.6 Å². The lowest BCUT2D eigenvalue weighted by Gasteiger charge is -2.13. The van der Waals surface area contributed by atoms with Gasteiger partial charge in [0, 0.05) is 6.42 Å². The molecule has 1 atom stereocenters. The summed E-state index contributed by atoms with van der Waals surface area (Å²) in [5.74, 6) is 1.80. The summed E-state index contributed by atoms with van der Waals surface area (Å²) in [4.78, 5) is 4.35. The van der Waals surface area contributed by atoms with Gasteiger partial charge in [0.05, 0.1) is 6.54 Å². The van der Waals surface area contributed by atoms with Gasteiger partial charge in [-0.25, -0.2) is 0 Å². The first-order valence-corrected chi connectivity index (χ1v) is 6.03. The highest BCUT2D eigenvalue weighted by Crippen LogP contribution is 2.19. The van der Waals surface area contributed by atoms with Crippen LogP contribution < -0.4 is 0 Å². The van der Waals surface area contributed by atoms with E-state index in [0.29, 0.717) is 0 Å². The van der Waals surface area contributed by atoms with Crippen molar-refractivity contribution in [2.45, 2.75) is 52.4 Å². The minimum atomic E-state index is 0.790. The second-order valence-electron chi connectivity index (χ2n) is 4.10. The third kappa shape index (κ3) is 4.12. The van der Waals surface area contributed by atoms with Gasteiger partial charge in [-0.15, -0.1) is 0 Å². The van der Waals surface area contributed by atoms with Crippen molar-refractivity contribution < 1.29 is 4.74 Å². The zero-order chi connectivity index (χ0) is 10.2. The van der Waals surface area contributed by atoms with Crippen molar-refractivity contribution in [1.29, 1.82) is 0 Å². The van der Waals surface area contributed by atoms with Crippen LogP contribution in [0.4, 0.5) is 0 Å². The third-order valence-corrected chi connectivity index (χ3v) is 2.90. The molecule has 0 spiro atoms. The Morgan fingerprint density at radius 1 is 1.36 bits per heavy atom. The van der Waals surface area contributed by atoms with Crippen LogP contribution in [0.5, 0.6) is 0 Å². The average molecular weight is 197 g/mol. The van der Waals surface area contributed by atoms with Crippen LogP contribution in [0, 0.1) is 5.92 Å². The van der Waals surface area contributed by atoms with Gasteiger partial charge >= 0.3 is 0 Å². The summed E-state index contributed by atoms with van der Waals surface area (Å²) >= 11 is 0. The molecule has 1 unspecified atom stereocenters. The van der Waals surface area contributed by atoms with Crippen molar-refractivity contribution in [3.8, 4) is 0 Å². The molecule has 1 aliphatic rings. The Hall–Kier alpha value is -0.530. The number of rotatable bonds is 7. The number of unbranched alkanes of at least 4 members (excludes halogenated alkanes) is 2. The predicted octanol–water partition coefficient (Wildman–Crippen LogP) is 3.41. The van der Waals surface area contributed by atoms with Gasteiger partial charge in [0.1, 0.15) is 6.61 Å². The first-order chi connectivity index (χ1) is 6.86. The molecule has 2 heteroatoms. The molecule has 0 bridgehead atoms. The quantitative estimate of drug-likeness (QED) is 0.573. The van der Waals surface area contributed by atoms with E-state index in [2.05, 4.69) is 18.8 Å². The van der Waals surface area contributed by atoms with E-state index in [1.54, 1.807) is 0 Å². The molecule has 0 aliphatic carbocycles. The van der Waals surface area contributed by atoms with Gasteiger partial charge in [0.2, 0.25) is 0 Å². The molecule has 0 fully saturated rings. The Labute approximate surface area is 87.8 Å². The van der Waals surface area contributed by atoms with E-state index in [9.17, 15) is 0 Å². The highest BCUT2D eigenvalue weighted by atomic mass is 16.5. The van der Waals surface area contributed by atoms with Gasteiger partial charge in [-0.3, -0.25) is 4.99 Å². The zero-order valence-electron chi connectivity index (χ0n) is 9.59. The molecule has 0 aromatic heterocycles. The van der Waals surface area contributed by atoms with E-state index in [1.165, 1.54) is 32.1 Å². The largest absolute Gasteiger partial charge is 0.479 e. The molecular weight excluding hydrogens is 174 g/mol. The minimum Gasteiger partial charge on any atom is -0.479 e. The SMILES string of the molecule is CCCCCC(CC)CC1=NCCO1. The molecule has 0 saturated carbocycles. The molecule has 0 saturated heterocycles. The maximum atomic E-state index is 5.44. The Morgan fingerprint density at radius 2 is 2.21 bits per heavy atom. The average Bonchev–Trinajstić information content (AvgIpc) is 2.69. The van der Waals surface area contributed by atoms with Gasteiger partial charge in [-0.05, 0) is 12.3 Å². The van der Waals surface area contributed by atoms with Crippen molar-refractivity contribution >= 4 is 5.90 Å². The lowest BCUT2D eigenvalue weighted by atomic mass is 9.95. The van der Waals surface area contributed by atoms with Crippen LogP contribution in [-0.4, -0.2) is 19.0 Å². The number of hydrogen-bond acceptors (Lipinski definition) is 2. The van der Waals surface area contributed by atoms with Crippen molar-refractivity contribution in [1.82, 2.24) is 0 Å². The molecule has 0 N–H and O–H groups in total. The smallest absolute Gasteiger partial charge is 0.183 e. The highest BCUT2D eigenvalue weighted by molar-refractivity contribution is 5.77. The Kier molecular flexibility index (Phi) is 5.65. The second kappa shape index (κ2) is 6.86. The minimum absolute atomic E-state index is 0.790. The number of ether oxygens (including phenoxy) is 1. The molecule has 14 heavy (non-hydrogen) atoms. The van der Waals surface area contributed by atoms with Crippen LogP contribution in [-0.2, 0) is 4.74 Å². The van der Waals surface area contributed by atoms with E-state index in [0.717, 1.165) is 31.4 Å². The molecule has 1 aliphatic heterocycles. The van der Waals surface area contributed by atoms with Crippen LogP contribution in [0.25, 0.3) is 0 Å². The molecule has 0 amide bonds. The Balaban J connectivity index is 2.17. The fourth-order valence-electron chi connectivity index (χ4n) is 1.88. The standard InChI is InChI=1S/C12H23NO/c1-3-5-6-7-11(4-2)10-12-13-8-9-14-12/h11H,3-10H2,1-2H3. The van der Waals surface area contributed by atoms with Crippen LogP contribution in [0.3, 0.4) is 0 Å². The van der Waals surface area contributed by atoms with Crippen LogP contribution in [0.1, 0.15) is 52.4 Å². The predicted molar refractivity (Wildman–Crippen MR) is 60.8 cm³/mol. The number of hydrogen-bond donors (Lipinski definition) is 0. The maximum absolute atomic E-state index is 5.44. The van der Waals surface area contributed by atoms with E-state index in [4.69, 9.17) is 4.74 Å². The summed E-state index contributed by atoms with van der Waals surface area (Å²) in [7, 11) is 0. The van der Waals surface area contributed by atoms with Gasteiger partial charge in [-0.2, -0.15) is 0 Å². The maximum Gasteiger partial charge on any atom is 0.183 e. The molecule has 1 rings (SSSR count). The van der Waals surface area contributed by atoms with E-state index < -0.39 is 0 Å². The van der Waals surface area contributed by atoms with Crippen molar-refractivity contribution in [3.63, 3.8) is 0 Å². The first kappa shape index (κ1) is 11.5. The first-order valence-electron chi connectivity index (χ1n) is 6.03.